The number of rotatable bonds is 11. The number of aliphatic imine (C=N–C) groups is 1. The minimum atomic E-state index is -0.507. The number of hydrogen-bond donors (Lipinski definition) is 0. The minimum Gasteiger partial charge on any atom is -0.497 e. The Bertz CT molecular complexity index is 1150. The van der Waals surface area contributed by atoms with E-state index in [4.69, 9.17) is 18.9 Å². The van der Waals surface area contributed by atoms with Gasteiger partial charge < -0.3 is 23.7 Å². The number of thioether (sulfide) groups is 1. The van der Waals surface area contributed by atoms with E-state index in [1.54, 1.807) is 37.3 Å². The van der Waals surface area contributed by atoms with Crippen LogP contribution in [0.1, 0.15) is 12.5 Å². The predicted octanol–water partition coefficient (Wildman–Crippen LogP) is 4.66. The van der Waals surface area contributed by atoms with Crippen molar-refractivity contribution in [2.45, 2.75) is 6.92 Å². The van der Waals surface area contributed by atoms with E-state index < -0.39 is 5.97 Å². The van der Waals surface area contributed by atoms with Crippen molar-refractivity contribution in [3.8, 4) is 17.2 Å². The van der Waals surface area contributed by atoms with Gasteiger partial charge in [-0.3, -0.25) is 9.69 Å². The Morgan fingerprint density at radius 3 is 2.47 bits per heavy atom. The molecule has 0 N–H and O–H groups in total. The molecule has 0 radical (unpaired) electrons. The molecule has 36 heavy (non-hydrogen) atoms. The summed E-state index contributed by atoms with van der Waals surface area (Å²) in [6.07, 6.45) is 1.76. The number of benzene rings is 2. The van der Waals surface area contributed by atoms with Crippen molar-refractivity contribution in [2.24, 2.45) is 4.99 Å². The molecule has 1 saturated heterocycles. The molecule has 0 unspecified atom stereocenters. The van der Waals surface area contributed by atoms with Gasteiger partial charge in [-0.15, -0.1) is 0 Å². The van der Waals surface area contributed by atoms with E-state index in [1.807, 2.05) is 31.2 Å². The van der Waals surface area contributed by atoms with Crippen LogP contribution in [0, 0.1) is 0 Å². The van der Waals surface area contributed by atoms with E-state index in [0.29, 0.717) is 57.1 Å². The van der Waals surface area contributed by atoms with Gasteiger partial charge >= 0.3 is 5.97 Å². The summed E-state index contributed by atoms with van der Waals surface area (Å²) in [6, 6.07) is 10.7. The van der Waals surface area contributed by atoms with Crippen LogP contribution >= 0.6 is 27.7 Å². The van der Waals surface area contributed by atoms with E-state index in [9.17, 15) is 9.59 Å². The van der Waals surface area contributed by atoms with Gasteiger partial charge in [-0.25, -0.2) is 9.79 Å². The van der Waals surface area contributed by atoms with Crippen molar-refractivity contribution >= 4 is 56.5 Å². The lowest BCUT2D eigenvalue weighted by molar-refractivity contribution is -0.142. The van der Waals surface area contributed by atoms with Gasteiger partial charge in [0.1, 0.15) is 5.75 Å². The molecule has 0 bridgehead atoms. The monoisotopic (exact) mass is 578 g/mol. The maximum Gasteiger partial charge on any atom is 0.343 e. The second kappa shape index (κ2) is 13.3. The molecular formula is C25H27BrN2O7S. The average Bonchev–Trinajstić information content (AvgIpc) is 3.17. The van der Waals surface area contributed by atoms with Gasteiger partial charge in [-0.1, -0.05) is 15.9 Å². The zero-order valence-electron chi connectivity index (χ0n) is 20.4. The Morgan fingerprint density at radius 2 is 1.83 bits per heavy atom. The Labute approximate surface area is 222 Å². The highest BCUT2D eigenvalue weighted by molar-refractivity contribution is 9.10. The summed E-state index contributed by atoms with van der Waals surface area (Å²) >= 11 is 4.80. The molecule has 0 atom stereocenters. The second-order valence-corrected chi connectivity index (χ2v) is 9.13. The number of carbonyl (C=O) groups is 2. The van der Waals surface area contributed by atoms with Gasteiger partial charge in [0.05, 0.1) is 44.6 Å². The van der Waals surface area contributed by atoms with Crippen LogP contribution in [0.25, 0.3) is 6.08 Å². The van der Waals surface area contributed by atoms with E-state index in [0.717, 1.165) is 5.75 Å². The number of ether oxygens (including phenoxy) is 5. The normalized spacial score (nSPS) is 15.5. The van der Waals surface area contributed by atoms with Crippen molar-refractivity contribution < 1.29 is 33.3 Å². The Kier molecular flexibility index (Phi) is 10.2. The number of hydrogen-bond acceptors (Lipinski definition) is 9. The number of amidine groups is 1. The largest absolute Gasteiger partial charge is 0.497 e. The highest BCUT2D eigenvalue weighted by Gasteiger charge is 2.33. The SMILES string of the molecule is CCOc1cc(/C=C2\SC(=Nc3ccc(OC)cc3)N(CCOC)C2=O)c(Br)cc1OCC(=O)OC. The van der Waals surface area contributed by atoms with E-state index in [1.165, 1.54) is 18.9 Å². The molecule has 0 aromatic heterocycles. The van der Waals surface area contributed by atoms with Crippen molar-refractivity contribution in [3.63, 3.8) is 0 Å². The van der Waals surface area contributed by atoms with Gasteiger partial charge in [-0.2, -0.15) is 0 Å². The minimum absolute atomic E-state index is 0.180. The first kappa shape index (κ1) is 27.6. The van der Waals surface area contributed by atoms with Crippen molar-refractivity contribution in [3.05, 3.63) is 51.3 Å². The Morgan fingerprint density at radius 1 is 1.11 bits per heavy atom. The van der Waals surface area contributed by atoms with Gasteiger partial charge in [0.2, 0.25) is 0 Å². The summed E-state index contributed by atoms with van der Waals surface area (Å²) in [5.74, 6) is 0.855. The summed E-state index contributed by atoms with van der Waals surface area (Å²) in [6.45, 7) is 2.71. The highest BCUT2D eigenvalue weighted by atomic mass is 79.9. The van der Waals surface area contributed by atoms with Gasteiger partial charge in [0.25, 0.3) is 5.91 Å². The summed E-state index contributed by atoms with van der Waals surface area (Å²) in [7, 11) is 4.47. The third kappa shape index (κ3) is 7.02. The lowest BCUT2D eigenvalue weighted by Gasteiger charge is -2.15. The van der Waals surface area contributed by atoms with E-state index in [2.05, 4.69) is 25.7 Å². The fourth-order valence-electron chi connectivity index (χ4n) is 3.12. The topological polar surface area (TPSA) is 95.9 Å². The zero-order chi connectivity index (χ0) is 26.1. The van der Waals surface area contributed by atoms with Crippen LogP contribution in [-0.2, 0) is 19.1 Å². The number of carbonyl (C=O) groups excluding carboxylic acids is 2. The first-order valence-corrected chi connectivity index (χ1v) is 12.6. The standard InChI is InChI=1S/C25H27BrN2O7S/c1-5-34-20-12-16(19(26)14-21(20)35-15-23(29)33-4)13-22-24(30)28(10-11-31-2)25(36-22)27-17-6-8-18(32-3)9-7-17/h6-9,12-14H,5,10-11,15H2,1-4H3/b22-13-,27-25?. The third-order valence-corrected chi connectivity index (χ3v) is 6.62. The fraction of sp³-hybridized carbons (Fsp3) is 0.320. The van der Waals surface area contributed by atoms with Crippen molar-refractivity contribution in [1.82, 2.24) is 4.90 Å². The molecule has 2 aromatic rings. The summed E-state index contributed by atoms with van der Waals surface area (Å²) in [4.78, 5) is 31.5. The van der Waals surface area contributed by atoms with Crippen molar-refractivity contribution in [2.75, 3.05) is 47.7 Å². The van der Waals surface area contributed by atoms with Gasteiger partial charge in [0.15, 0.2) is 23.3 Å². The molecule has 1 fully saturated rings. The smallest absolute Gasteiger partial charge is 0.343 e. The molecule has 192 valence electrons. The highest BCUT2D eigenvalue weighted by Crippen LogP contribution is 2.39. The summed E-state index contributed by atoms with van der Waals surface area (Å²) < 4.78 is 27.0. The molecule has 1 heterocycles. The summed E-state index contributed by atoms with van der Waals surface area (Å²) in [5, 5.41) is 0.549. The van der Waals surface area contributed by atoms with Crippen LogP contribution < -0.4 is 14.2 Å². The molecular weight excluding hydrogens is 552 g/mol. The van der Waals surface area contributed by atoms with Crippen LogP contribution in [0.4, 0.5) is 5.69 Å². The van der Waals surface area contributed by atoms with Crippen LogP contribution in [0.5, 0.6) is 17.2 Å². The molecule has 2 aromatic carbocycles. The van der Waals surface area contributed by atoms with E-state index in [-0.39, 0.29) is 12.5 Å². The number of methoxy groups -OCH3 is 3. The van der Waals surface area contributed by atoms with Gasteiger partial charge in [-0.05, 0) is 66.7 Å². The van der Waals surface area contributed by atoms with Crippen molar-refractivity contribution in [1.29, 1.82) is 0 Å². The van der Waals surface area contributed by atoms with Crippen LogP contribution in [-0.4, -0.2) is 69.6 Å². The second-order valence-electron chi connectivity index (χ2n) is 7.27. The predicted molar refractivity (Wildman–Crippen MR) is 142 cm³/mol. The van der Waals surface area contributed by atoms with Gasteiger partial charge in [0, 0.05) is 11.6 Å². The maximum absolute atomic E-state index is 13.3. The molecule has 0 saturated carbocycles. The maximum atomic E-state index is 13.3. The number of halogens is 1. The Hall–Kier alpha value is -3.02. The first-order valence-electron chi connectivity index (χ1n) is 11.0. The van der Waals surface area contributed by atoms with E-state index >= 15 is 0 Å². The lowest BCUT2D eigenvalue weighted by atomic mass is 10.2. The third-order valence-electron chi connectivity index (χ3n) is 4.93. The molecule has 1 aliphatic rings. The quantitative estimate of drug-likeness (QED) is 0.280. The molecule has 9 nitrogen and oxygen atoms in total. The number of amides is 1. The zero-order valence-corrected chi connectivity index (χ0v) is 22.8. The number of esters is 1. The molecule has 1 aliphatic heterocycles. The molecule has 3 rings (SSSR count). The summed E-state index contributed by atoms with van der Waals surface area (Å²) in [5.41, 5.74) is 1.40. The molecule has 0 aliphatic carbocycles. The Balaban J connectivity index is 1.93. The fourth-order valence-corrected chi connectivity index (χ4v) is 4.57. The lowest BCUT2D eigenvalue weighted by Crippen LogP contribution is -2.32. The van der Waals surface area contributed by atoms with Crippen LogP contribution in [0.15, 0.2) is 50.8 Å². The van der Waals surface area contributed by atoms with Crippen LogP contribution in [0.3, 0.4) is 0 Å². The molecule has 1 amide bonds. The average molecular weight is 579 g/mol. The number of nitrogens with zero attached hydrogens (tertiary/aromatic N) is 2. The van der Waals surface area contributed by atoms with Crippen LogP contribution in [0.2, 0.25) is 0 Å². The first-order chi connectivity index (χ1) is 17.4. The molecule has 11 heteroatoms. The molecule has 0 spiro atoms.